The van der Waals surface area contributed by atoms with Gasteiger partial charge in [0.05, 0.1) is 43.4 Å². The molecule has 7 nitrogen and oxygen atoms in total. The van der Waals surface area contributed by atoms with Crippen molar-refractivity contribution in [3.63, 3.8) is 0 Å². The van der Waals surface area contributed by atoms with Gasteiger partial charge in [0, 0.05) is 42.7 Å². The summed E-state index contributed by atoms with van der Waals surface area (Å²) < 4.78 is 19.5. The molecule has 1 aromatic heterocycles. The summed E-state index contributed by atoms with van der Waals surface area (Å²) in [5, 5.41) is 3.06. The smallest absolute Gasteiger partial charge is 0.257 e. The number of carbonyl (C=O) groups is 1. The molecule has 0 unspecified atom stereocenters. The molecular weight excluding hydrogens is 394 g/mol. The number of nitrogens with zero attached hydrogens (tertiary/aromatic N) is 2. The Morgan fingerprint density at radius 2 is 1.71 bits per heavy atom. The maximum Gasteiger partial charge on any atom is 0.257 e. The number of benzene rings is 1. The number of hydrogen-bond donors (Lipinski definition) is 1. The van der Waals surface area contributed by atoms with E-state index >= 15 is 0 Å². The normalized spacial score (nSPS) is 14.1. The molecule has 2 aromatic rings. The number of rotatable bonds is 8. The van der Waals surface area contributed by atoms with Crippen molar-refractivity contribution in [1.29, 1.82) is 0 Å². The average Bonchev–Trinajstić information content (AvgIpc) is 3.05. The first-order chi connectivity index (χ1) is 14.9. The van der Waals surface area contributed by atoms with E-state index in [4.69, 9.17) is 14.2 Å². The van der Waals surface area contributed by atoms with Gasteiger partial charge < -0.3 is 29.0 Å². The molecule has 0 bridgehead atoms. The highest BCUT2D eigenvalue weighted by Gasteiger charge is 2.22. The van der Waals surface area contributed by atoms with Crippen LogP contribution in [0.1, 0.15) is 55.5 Å². The molecule has 1 N–H and O–H groups in total. The van der Waals surface area contributed by atoms with Crippen molar-refractivity contribution < 1.29 is 19.0 Å². The lowest BCUT2D eigenvalue weighted by Crippen LogP contribution is -2.36. The standard InChI is InChI=1S/C24H35N3O4/c1-7-30-22-15-21(26-9-11-29-12-10-26)23(31-8-2)14-20(22)25-24(28)19-13-17(5)27(16(3)4)18(19)6/h13-16H,7-12H2,1-6H3,(H,25,28). The fraction of sp³-hybridized carbons (Fsp3) is 0.542. The number of ether oxygens (including phenoxy) is 3. The van der Waals surface area contributed by atoms with Gasteiger partial charge in [-0.2, -0.15) is 0 Å². The van der Waals surface area contributed by atoms with Crippen LogP contribution in [0.25, 0.3) is 0 Å². The summed E-state index contributed by atoms with van der Waals surface area (Å²) in [7, 11) is 0. The van der Waals surface area contributed by atoms with Gasteiger partial charge in [0.15, 0.2) is 0 Å². The molecule has 1 aromatic carbocycles. The van der Waals surface area contributed by atoms with Crippen LogP contribution in [0.5, 0.6) is 11.5 Å². The molecule has 0 radical (unpaired) electrons. The SMILES string of the molecule is CCOc1cc(N2CCOCC2)c(OCC)cc1NC(=O)c1cc(C)n(C(C)C)c1C. The van der Waals surface area contributed by atoms with Crippen LogP contribution < -0.4 is 19.7 Å². The lowest BCUT2D eigenvalue weighted by atomic mass is 10.1. The Morgan fingerprint density at radius 3 is 2.29 bits per heavy atom. The molecule has 0 spiro atoms. The Bertz CT molecular complexity index is 914. The lowest BCUT2D eigenvalue weighted by Gasteiger charge is -2.31. The van der Waals surface area contributed by atoms with Crippen molar-refractivity contribution in [2.45, 2.75) is 47.6 Å². The molecule has 31 heavy (non-hydrogen) atoms. The van der Waals surface area contributed by atoms with Crippen LogP contribution in [-0.4, -0.2) is 50.0 Å². The summed E-state index contributed by atoms with van der Waals surface area (Å²) >= 11 is 0. The Labute approximate surface area is 185 Å². The van der Waals surface area contributed by atoms with Crippen LogP contribution in [0, 0.1) is 13.8 Å². The van der Waals surface area contributed by atoms with E-state index < -0.39 is 0 Å². The summed E-state index contributed by atoms with van der Waals surface area (Å²) in [5.41, 5.74) is 4.27. The Hall–Kier alpha value is -2.67. The van der Waals surface area contributed by atoms with Crippen molar-refractivity contribution in [1.82, 2.24) is 4.57 Å². The van der Waals surface area contributed by atoms with Gasteiger partial charge in [0.2, 0.25) is 0 Å². The summed E-state index contributed by atoms with van der Waals surface area (Å²) in [6, 6.07) is 6.07. The van der Waals surface area contributed by atoms with Crippen molar-refractivity contribution in [2.24, 2.45) is 0 Å². The fourth-order valence-electron chi connectivity index (χ4n) is 4.24. The Balaban J connectivity index is 1.97. The van der Waals surface area contributed by atoms with Gasteiger partial charge >= 0.3 is 0 Å². The fourth-order valence-corrected chi connectivity index (χ4v) is 4.24. The third kappa shape index (κ3) is 4.98. The second kappa shape index (κ2) is 10.1. The number of amides is 1. The van der Waals surface area contributed by atoms with Gasteiger partial charge in [-0.05, 0) is 47.6 Å². The molecule has 1 saturated heterocycles. The van der Waals surface area contributed by atoms with Crippen LogP contribution in [-0.2, 0) is 4.74 Å². The van der Waals surface area contributed by atoms with Crippen LogP contribution in [0.3, 0.4) is 0 Å². The van der Waals surface area contributed by atoms with Crippen molar-refractivity contribution >= 4 is 17.3 Å². The van der Waals surface area contributed by atoms with Gasteiger partial charge in [-0.3, -0.25) is 4.79 Å². The minimum atomic E-state index is -0.150. The predicted octanol–water partition coefficient (Wildman–Crippen LogP) is 4.57. The largest absolute Gasteiger partial charge is 0.492 e. The monoisotopic (exact) mass is 429 g/mol. The summed E-state index contributed by atoms with van der Waals surface area (Å²) in [4.78, 5) is 15.4. The maximum atomic E-state index is 13.2. The van der Waals surface area contributed by atoms with E-state index in [2.05, 4.69) is 28.6 Å². The molecule has 1 aliphatic rings. The Morgan fingerprint density at radius 1 is 1.06 bits per heavy atom. The van der Waals surface area contributed by atoms with E-state index in [9.17, 15) is 4.79 Å². The highest BCUT2D eigenvalue weighted by Crippen LogP contribution is 2.39. The zero-order chi connectivity index (χ0) is 22.5. The van der Waals surface area contributed by atoms with E-state index in [-0.39, 0.29) is 11.9 Å². The average molecular weight is 430 g/mol. The topological polar surface area (TPSA) is 65.0 Å². The van der Waals surface area contributed by atoms with Gasteiger partial charge in [-0.1, -0.05) is 0 Å². The second-order valence-corrected chi connectivity index (χ2v) is 7.98. The number of nitrogens with one attached hydrogen (secondary N) is 1. The molecule has 0 saturated carbocycles. The number of carbonyl (C=O) groups excluding carboxylic acids is 1. The molecule has 170 valence electrons. The first-order valence-corrected chi connectivity index (χ1v) is 11.1. The van der Waals surface area contributed by atoms with Gasteiger partial charge in [0.25, 0.3) is 5.91 Å². The maximum absolute atomic E-state index is 13.2. The zero-order valence-corrected chi connectivity index (χ0v) is 19.6. The summed E-state index contributed by atoms with van der Waals surface area (Å²) in [6.07, 6.45) is 0. The van der Waals surface area contributed by atoms with E-state index in [0.29, 0.717) is 43.4 Å². The van der Waals surface area contributed by atoms with Gasteiger partial charge in [0.1, 0.15) is 11.5 Å². The number of hydrogen-bond acceptors (Lipinski definition) is 5. The quantitative estimate of drug-likeness (QED) is 0.666. The molecule has 1 aliphatic heterocycles. The van der Waals surface area contributed by atoms with E-state index in [1.807, 2.05) is 45.9 Å². The van der Waals surface area contributed by atoms with Gasteiger partial charge in [-0.15, -0.1) is 0 Å². The lowest BCUT2D eigenvalue weighted by molar-refractivity contribution is 0.102. The predicted molar refractivity (Wildman–Crippen MR) is 124 cm³/mol. The molecular formula is C24H35N3O4. The highest BCUT2D eigenvalue weighted by molar-refractivity contribution is 6.06. The van der Waals surface area contributed by atoms with E-state index in [0.717, 1.165) is 35.9 Å². The number of aryl methyl sites for hydroxylation is 1. The first-order valence-electron chi connectivity index (χ1n) is 11.1. The van der Waals surface area contributed by atoms with Gasteiger partial charge in [-0.25, -0.2) is 0 Å². The van der Waals surface area contributed by atoms with Crippen LogP contribution in [0.2, 0.25) is 0 Å². The van der Waals surface area contributed by atoms with Crippen molar-refractivity contribution in [3.8, 4) is 11.5 Å². The molecule has 1 amide bonds. The highest BCUT2D eigenvalue weighted by atomic mass is 16.5. The van der Waals surface area contributed by atoms with E-state index in [1.54, 1.807) is 0 Å². The minimum Gasteiger partial charge on any atom is -0.492 e. The molecule has 3 rings (SSSR count). The molecule has 0 aliphatic carbocycles. The summed E-state index contributed by atoms with van der Waals surface area (Å²) in [6.45, 7) is 16.1. The summed E-state index contributed by atoms with van der Waals surface area (Å²) in [5.74, 6) is 1.22. The first kappa shape index (κ1) is 23.0. The van der Waals surface area contributed by atoms with Crippen LogP contribution >= 0.6 is 0 Å². The van der Waals surface area contributed by atoms with E-state index in [1.165, 1.54) is 0 Å². The molecule has 7 heteroatoms. The van der Waals surface area contributed by atoms with Crippen LogP contribution in [0.4, 0.5) is 11.4 Å². The number of morpholine rings is 1. The Kier molecular flexibility index (Phi) is 7.49. The molecule has 1 fully saturated rings. The van der Waals surface area contributed by atoms with Crippen molar-refractivity contribution in [3.05, 3.63) is 35.2 Å². The number of anilines is 2. The zero-order valence-electron chi connectivity index (χ0n) is 19.6. The third-order valence-electron chi connectivity index (χ3n) is 5.51. The second-order valence-electron chi connectivity index (χ2n) is 7.98. The molecule has 0 atom stereocenters. The van der Waals surface area contributed by atoms with Crippen LogP contribution in [0.15, 0.2) is 18.2 Å². The minimum absolute atomic E-state index is 0.150. The molecule has 2 heterocycles. The number of aromatic nitrogens is 1. The third-order valence-corrected chi connectivity index (χ3v) is 5.51. The van der Waals surface area contributed by atoms with Crippen molar-refractivity contribution in [2.75, 3.05) is 49.7 Å².